The molecule has 1 aliphatic heterocycles. The molecule has 1 fully saturated rings. The molecule has 0 saturated carbocycles. The fraction of sp³-hybridized carbons (Fsp3) is 0.526. The highest BCUT2D eigenvalue weighted by Crippen LogP contribution is 2.20. The Morgan fingerprint density at radius 1 is 1.31 bits per heavy atom. The van der Waals surface area contributed by atoms with Crippen molar-refractivity contribution in [3.05, 3.63) is 29.1 Å². The Balaban J connectivity index is 1.53. The Bertz CT molecular complexity index is 806. The van der Waals surface area contributed by atoms with Crippen LogP contribution in [0.1, 0.15) is 29.8 Å². The normalized spacial score (nSPS) is 15.4. The number of hydrogen-bond acceptors (Lipinski definition) is 4. The lowest BCUT2D eigenvalue weighted by atomic mass is 9.96. The SMILES string of the molecule is COCC(=O)N1CCC(C(=O)NCc2nc3c(C)c(C)ccc3[nH]2)CC1. The summed E-state index contributed by atoms with van der Waals surface area (Å²) in [6.07, 6.45) is 1.36. The maximum Gasteiger partial charge on any atom is 0.248 e. The second-order valence-corrected chi connectivity index (χ2v) is 6.89. The molecule has 0 bridgehead atoms. The van der Waals surface area contributed by atoms with Crippen molar-refractivity contribution in [3.63, 3.8) is 0 Å². The predicted molar refractivity (Wildman–Crippen MR) is 98.6 cm³/mol. The van der Waals surface area contributed by atoms with Gasteiger partial charge in [-0.05, 0) is 43.9 Å². The third kappa shape index (κ3) is 3.88. The number of aromatic amines is 1. The maximum absolute atomic E-state index is 12.4. The number of nitrogens with one attached hydrogen (secondary N) is 2. The van der Waals surface area contributed by atoms with Crippen LogP contribution in [0.25, 0.3) is 11.0 Å². The summed E-state index contributed by atoms with van der Waals surface area (Å²) in [5, 5.41) is 2.97. The molecule has 2 aromatic rings. The lowest BCUT2D eigenvalue weighted by molar-refractivity contribution is -0.138. The van der Waals surface area contributed by atoms with Gasteiger partial charge in [-0.25, -0.2) is 4.98 Å². The summed E-state index contributed by atoms with van der Waals surface area (Å²) in [7, 11) is 1.51. The molecule has 0 aliphatic carbocycles. The molecule has 0 atom stereocenters. The number of ether oxygens (including phenoxy) is 1. The third-order valence-electron chi connectivity index (χ3n) is 5.14. The van der Waals surface area contributed by atoms with E-state index >= 15 is 0 Å². The monoisotopic (exact) mass is 358 g/mol. The van der Waals surface area contributed by atoms with Gasteiger partial charge in [-0.3, -0.25) is 9.59 Å². The molecule has 7 heteroatoms. The maximum atomic E-state index is 12.4. The van der Waals surface area contributed by atoms with Gasteiger partial charge < -0.3 is 19.9 Å². The summed E-state index contributed by atoms with van der Waals surface area (Å²) in [4.78, 5) is 33.9. The predicted octanol–water partition coefficient (Wildman–Crippen LogP) is 1.68. The van der Waals surface area contributed by atoms with E-state index in [1.165, 1.54) is 12.7 Å². The van der Waals surface area contributed by atoms with Crippen LogP contribution in [-0.4, -0.2) is 53.5 Å². The van der Waals surface area contributed by atoms with Crippen LogP contribution in [0.2, 0.25) is 0 Å². The summed E-state index contributed by atoms with van der Waals surface area (Å²) in [5.41, 5.74) is 4.31. The van der Waals surface area contributed by atoms with Crippen LogP contribution in [0.15, 0.2) is 12.1 Å². The van der Waals surface area contributed by atoms with E-state index in [1.807, 2.05) is 6.07 Å². The van der Waals surface area contributed by atoms with E-state index in [9.17, 15) is 9.59 Å². The van der Waals surface area contributed by atoms with E-state index < -0.39 is 0 Å². The number of carbonyl (C=O) groups is 2. The molecule has 0 radical (unpaired) electrons. The smallest absolute Gasteiger partial charge is 0.248 e. The number of hydrogen-bond donors (Lipinski definition) is 2. The Morgan fingerprint density at radius 2 is 2.04 bits per heavy atom. The molecule has 2 amide bonds. The average Bonchev–Trinajstić information content (AvgIpc) is 3.07. The number of nitrogens with zero attached hydrogens (tertiary/aromatic N) is 2. The van der Waals surface area contributed by atoms with Crippen LogP contribution >= 0.6 is 0 Å². The number of H-pyrrole nitrogens is 1. The van der Waals surface area contributed by atoms with Crippen LogP contribution in [0.3, 0.4) is 0 Å². The van der Waals surface area contributed by atoms with Crippen molar-refractivity contribution in [1.29, 1.82) is 0 Å². The van der Waals surface area contributed by atoms with Crippen molar-refractivity contribution >= 4 is 22.8 Å². The van der Waals surface area contributed by atoms with Crippen molar-refractivity contribution in [1.82, 2.24) is 20.2 Å². The van der Waals surface area contributed by atoms with E-state index in [0.717, 1.165) is 22.4 Å². The molecule has 1 saturated heterocycles. The number of carbonyl (C=O) groups excluding carboxylic acids is 2. The number of aryl methyl sites for hydroxylation is 2. The lowest BCUT2D eigenvalue weighted by Crippen LogP contribution is -2.44. The first-order chi connectivity index (χ1) is 12.5. The van der Waals surface area contributed by atoms with Crippen LogP contribution in [0.4, 0.5) is 0 Å². The van der Waals surface area contributed by atoms with Crippen LogP contribution in [0.5, 0.6) is 0 Å². The van der Waals surface area contributed by atoms with Gasteiger partial charge in [-0.2, -0.15) is 0 Å². The van der Waals surface area contributed by atoms with E-state index in [2.05, 4.69) is 35.2 Å². The number of likely N-dealkylation sites (tertiary alicyclic amines) is 1. The molecule has 1 aromatic heterocycles. The first-order valence-corrected chi connectivity index (χ1v) is 8.98. The average molecular weight is 358 g/mol. The van der Waals surface area contributed by atoms with Crippen molar-refractivity contribution in [2.75, 3.05) is 26.8 Å². The zero-order valence-corrected chi connectivity index (χ0v) is 15.6. The number of fused-ring (bicyclic) bond motifs is 1. The summed E-state index contributed by atoms with van der Waals surface area (Å²) < 4.78 is 4.88. The van der Waals surface area contributed by atoms with Gasteiger partial charge in [0.25, 0.3) is 0 Å². The largest absolute Gasteiger partial charge is 0.375 e. The van der Waals surface area contributed by atoms with Gasteiger partial charge in [0.15, 0.2) is 0 Å². The van der Waals surface area contributed by atoms with Gasteiger partial charge in [-0.15, -0.1) is 0 Å². The number of piperidine rings is 1. The molecule has 1 aromatic carbocycles. The summed E-state index contributed by atoms with van der Waals surface area (Å²) >= 11 is 0. The Hall–Kier alpha value is -2.41. The van der Waals surface area contributed by atoms with Crippen LogP contribution in [-0.2, 0) is 20.9 Å². The van der Waals surface area contributed by atoms with Gasteiger partial charge in [0.05, 0.1) is 17.6 Å². The molecule has 26 heavy (non-hydrogen) atoms. The van der Waals surface area contributed by atoms with Crippen molar-refractivity contribution in [2.45, 2.75) is 33.2 Å². The van der Waals surface area contributed by atoms with Gasteiger partial charge in [0.1, 0.15) is 12.4 Å². The van der Waals surface area contributed by atoms with Crippen molar-refractivity contribution in [2.24, 2.45) is 5.92 Å². The van der Waals surface area contributed by atoms with E-state index in [4.69, 9.17) is 4.74 Å². The number of amides is 2. The van der Waals surface area contributed by atoms with Gasteiger partial charge >= 0.3 is 0 Å². The van der Waals surface area contributed by atoms with Gasteiger partial charge in [0, 0.05) is 26.1 Å². The zero-order chi connectivity index (χ0) is 18.7. The fourth-order valence-corrected chi connectivity index (χ4v) is 3.37. The molecular weight excluding hydrogens is 332 g/mol. The van der Waals surface area contributed by atoms with Gasteiger partial charge in [-0.1, -0.05) is 6.07 Å². The summed E-state index contributed by atoms with van der Waals surface area (Å²) in [6, 6.07) is 4.08. The molecule has 140 valence electrons. The second-order valence-electron chi connectivity index (χ2n) is 6.89. The topological polar surface area (TPSA) is 87.3 Å². The third-order valence-corrected chi connectivity index (χ3v) is 5.14. The minimum absolute atomic E-state index is 0.0145. The highest BCUT2D eigenvalue weighted by atomic mass is 16.5. The number of benzene rings is 1. The summed E-state index contributed by atoms with van der Waals surface area (Å²) in [6.45, 7) is 5.80. The number of methoxy groups -OCH3 is 1. The van der Waals surface area contributed by atoms with Crippen LogP contribution < -0.4 is 5.32 Å². The molecule has 2 N–H and O–H groups in total. The minimum Gasteiger partial charge on any atom is -0.375 e. The first kappa shape index (κ1) is 18.4. The molecule has 1 aliphatic rings. The van der Waals surface area contributed by atoms with Crippen LogP contribution in [0, 0.1) is 19.8 Å². The number of imidazole rings is 1. The number of rotatable bonds is 5. The highest BCUT2D eigenvalue weighted by Gasteiger charge is 2.27. The second kappa shape index (κ2) is 7.86. The number of aromatic nitrogens is 2. The molecule has 3 rings (SSSR count). The van der Waals surface area contributed by atoms with E-state index in [1.54, 1.807) is 4.90 Å². The lowest BCUT2D eigenvalue weighted by Gasteiger charge is -2.31. The van der Waals surface area contributed by atoms with E-state index in [-0.39, 0.29) is 24.3 Å². The van der Waals surface area contributed by atoms with E-state index in [0.29, 0.717) is 32.5 Å². The van der Waals surface area contributed by atoms with Crippen molar-refractivity contribution in [3.8, 4) is 0 Å². The zero-order valence-electron chi connectivity index (χ0n) is 15.6. The Kier molecular flexibility index (Phi) is 5.56. The quantitative estimate of drug-likeness (QED) is 0.851. The molecular formula is C19H26N4O3. The van der Waals surface area contributed by atoms with Crippen molar-refractivity contribution < 1.29 is 14.3 Å². The highest BCUT2D eigenvalue weighted by molar-refractivity contribution is 5.81. The first-order valence-electron chi connectivity index (χ1n) is 8.98. The fourth-order valence-electron chi connectivity index (χ4n) is 3.37. The Labute approximate surface area is 153 Å². The molecule has 7 nitrogen and oxygen atoms in total. The summed E-state index contributed by atoms with van der Waals surface area (Å²) in [5.74, 6) is 0.709. The standard InChI is InChI=1S/C19H26N4O3/c1-12-4-5-15-18(13(12)2)22-16(21-15)10-20-19(25)14-6-8-23(9-7-14)17(24)11-26-3/h4-5,14H,6-11H2,1-3H3,(H,20,25)(H,21,22). The minimum atomic E-state index is -0.0602. The van der Waals surface area contributed by atoms with Gasteiger partial charge in [0.2, 0.25) is 11.8 Å². The Morgan fingerprint density at radius 3 is 2.73 bits per heavy atom. The molecule has 2 heterocycles. The molecule has 0 spiro atoms. The molecule has 0 unspecified atom stereocenters.